The highest BCUT2D eigenvalue weighted by molar-refractivity contribution is 6.64. The fourth-order valence-corrected chi connectivity index (χ4v) is 1.87. The van der Waals surface area contributed by atoms with E-state index < -0.39 is 0 Å². The number of benzene rings is 1. The van der Waals surface area contributed by atoms with Crippen LogP contribution in [0.4, 0.5) is 0 Å². The first-order chi connectivity index (χ1) is 5.77. The molecule has 0 radical (unpaired) electrons. The van der Waals surface area contributed by atoms with Crippen LogP contribution < -0.4 is 0 Å². The molecule has 0 amide bonds. The summed E-state index contributed by atoms with van der Waals surface area (Å²) in [6, 6.07) is 8.13. The van der Waals surface area contributed by atoms with Crippen molar-refractivity contribution in [3.63, 3.8) is 0 Å². The van der Waals surface area contributed by atoms with E-state index in [2.05, 4.69) is 12.1 Å². The lowest BCUT2D eigenvalue weighted by Gasteiger charge is -1.98. The van der Waals surface area contributed by atoms with E-state index in [1.165, 1.54) is 11.1 Å². The molecular weight excluding hydrogens is 172 g/mol. The second kappa shape index (κ2) is 2.91. The molecule has 0 N–H and O–H groups in total. The first-order valence-corrected chi connectivity index (χ1v) is 4.41. The largest absolute Gasteiger partial charge is 0.281 e. The summed E-state index contributed by atoms with van der Waals surface area (Å²) in [4.78, 5) is 10.9. The van der Waals surface area contributed by atoms with E-state index in [1.807, 2.05) is 12.1 Å². The van der Waals surface area contributed by atoms with Gasteiger partial charge in [-0.05, 0) is 35.6 Å². The van der Waals surface area contributed by atoms with Gasteiger partial charge in [0.05, 0.1) is 0 Å². The van der Waals surface area contributed by atoms with Crippen LogP contribution in [-0.2, 0) is 17.6 Å². The van der Waals surface area contributed by atoms with Gasteiger partial charge in [-0.3, -0.25) is 4.79 Å². The van der Waals surface area contributed by atoms with Gasteiger partial charge in [-0.1, -0.05) is 24.3 Å². The Kier molecular flexibility index (Phi) is 1.89. The highest BCUT2D eigenvalue weighted by Gasteiger charge is 2.25. The summed E-state index contributed by atoms with van der Waals surface area (Å²) in [5.74, 6) is 0.0177. The molecule has 0 saturated heterocycles. The highest BCUT2D eigenvalue weighted by Crippen LogP contribution is 2.27. The second-order valence-electron chi connectivity index (χ2n) is 3.18. The normalized spacial score (nSPS) is 16.1. The molecule has 12 heavy (non-hydrogen) atoms. The zero-order valence-corrected chi connectivity index (χ0v) is 7.34. The van der Waals surface area contributed by atoms with Crippen LogP contribution in [0.25, 0.3) is 0 Å². The van der Waals surface area contributed by atoms with E-state index in [0.29, 0.717) is 0 Å². The van der Waals surface area contributed by atoms with Crippen molar-refractivity contribution in [3.8, 4) is 0 Å². The minimum Gasteiger partial charge on any atom is -0.281 e. The molecule has 0 aromatic heterocycles. The van der Waals surface area contributed by atoms with E-state index in [1.54, 1.807) is 0 Å². The lowest BCUT2D eigenvalue weighted by Crippen LogP contribution is -2.07. The molecule has 0 aliphatic heterocycles. The molecule has 1 aliphatic rings. The number of hydrogen-bond acceptors (Lipinski definition) is 1. The summed E-state index contributed by atoms with van der Waals surface area (Å²) in [7, 11) is 0. The van der Waals surface area contributed by atoms with Gasteiger partial charge in [0.25, 0.3) is 0 Å². The third-order valence-corrected chi connectivity index (χ3v) is 2.68. The van der Waals surface area contributed by atoms with E-state index in [0.717, 1.165) is 12.8 Å². The molecule has 62 valence electrons. The van der Waals surface area contributed by atoms with E-state index in [-0.39, 0.29) is 11.2 Å². The van der Waals surface area contributed by atoms with Crippen LogP contribution >= 0.6 is 11.6 Å². The van der Waals surface area contributed by atoms with Crippen molar-refractivity contribution in [1.29, 1.82) is 0 Å². The van der Waals surface area contributed by atoms with Gasteiger partial charge in [0.1, 0.15) is 0 Å². The molecule has 1 aromatic rings. The quantitative estimate of drug-likeness (QED) is 0.606. The fourth-order valence-electron chi connectivity index (χ4n) is 1.72. The summed E-state index contributed by atoms with van der Waals surface area (Å²) in [6.45, 7) is 0. The van der Waals surface area contributed by atoms with E-state index in [9.17, 15) is 4.79 Å². The average molecular weight is 181 g/mol. The molecule has 0 saturated carbocycles. The van der Waals surface area contributed by atoms with Crippen LogP contribution in [0, 0.1) is 5.92 Å². The first-order valence-electron chi connectivity index (χ1n) is 4.03. The van der Waals surface area contributed by atoms with Crippen molar-refractivity contribution in [2.45, 2.75) is 12.8 Å². The van der Waals surface area contributed by atoms with Crippen LogP contribution in [-0.4, -0.2) is 5.24 Å². The van der Waals surface area contributed by atoms with Gasteiger partial charge in [0.15, 0.2) is 0 Å². The number of carbonyl (C=O) groups excluding carboxylic acids is 1. The Hall–Kier alpha value is -0.820. The Balaban J connectivity index is 2.27. The van der Waals surface area contributed by atoms with Gasteiger partial charge in [-0.2, -0.15) is 0 Å². The van der Waals surface area contributed by atoms with Crippen LogP contribution in [0.15, 0.2) is 24.3 Å². The van der Waals surface area contributed by atoms with Crippen molar-refractivity contribution in [1.82, 2.24) is 0 Å². The maximum Gasteiger partial charge on any atom is 0.225 e. The maximum absolute atomic E-state index is 10.9. The van der Waals surface area contributed by atoms with Crippen molar-refractivity contribution >= 4 is 16.8 Å². The molecule has 1 aliphatic carbocycles. The standard InChI is InChI=1S/C10H9ClO/c11-10(12)9-5-7-3-1-2-4-8(7)6-9/h1-4,9H,5-6H2. The Labute approximate surface area is 76.4 Å². The van der Waals surface area contributed by atoms with Crippen LogP contribution in [0.5, 0.6) is 0 Å². The number of hydrogen-bond donors (Lipinski definition) is 0. The molecule has 0 unspecified atom stereocenters. The summed E-state index contributed by atoms with van der Waals surface area (Å²) in [5.41, 5.74) is 2.55. The van der Waals surface area contributed by atoms with Crippen molar-refractivity contribution in [2.75, 3.05) is 0 Å². The van der Waals surface area contributed by atoms with Gasteiger partial charge in [0, 0.05) is 5.92 Å². The Morgan fingerprint density at radius 3 is 2.17 bits per heavy atom. The van der Waals surface area contributed by atoms with E-state index in [4.69, 9.17) is 11.6 Å². The lowest BCUT2D eigenvalue weighted by molar-refractivity contribution is -0.114. The SMILES string of the molecule is O=C(Cl)C1Cc2ccccc2C1. The molecule has 2 rings (SSSR count). The number of halogens is 1. The molecule has 1 nitrogen and oxygen atoms in total. The van der Waals surface area contributed by atoms with Crippen LogP contribution in [0.2, 0.25) is 0 Å². The summed E-state index contributed by atoms with van der Waals surface area (Å²) in [5, 5.41) is -0.203. The lowest BCUT2D eigenvalue weighted by atomic mass is 10.1. The Bertz CT molecular complexity index is 294. The van der Waals surface area contributed by atoms with Crippen LogP contribution in [0.1, 0.15) is 11.1 Å². The van der Waals surface area contributed by atoms with Gasteiger partial charge in [-0.25, -0.2) is 0 Å². The summed E-state index contributed by atoms with van der Waals surface area (Å²) < 4.78 is 0. The van der Waals surface area contributed by atoms with Gasteiger partial charge >= 0.3 is 0 Å². The molecule has 1 aromatic carbocycles. The predicted molar refractivity (Wildman–Crippen MR) is 48.2 cm³/mol. The van der Waals surface area contributed by atoms with Gasteiger partial charge < -0.3 is 0 Å². The van der Waals surface area contributed by atoms with E-state index >= 15 is 0 Å². The molecule has 2 heteroatoms. The fraction of sp³-hybridized carbons (Fsp3) is 0.300. The zero-order chi connectivity index (χ0) is 8.55. The summed E-state index contributed by atoms with van der Waals surface area (Å²) in [6.07, 6.45) is 1.64. The monoisotopic (exact) mass is 180 g/mol. The Morgan fingerprint density at radius 1 is 1.25 bits per heavy atom. The average Bonchev–Trinajstić information content (AvgIpc) is 2.46. The summed E-state index contributed by atoms with van der Waals surface area (Å²) >= 11 is 5.44. The van der Waals surface area contributed by atoms with Gasteiger partial charge in [-0.15, -0.1) is 0 Å². The van der Waals surface area contributed by atoms with Crippen molar-refractivity contribution < 1.29 is 4.79 Å². The molecule has 0 bridgehead atoms. The second-order valence-corrected chi connectivity index (χ2v) is 3.55. The Morgan fingerprint density at radius 2 is 1.75 bits per heavy atom. The zero-order valence-electron chi connectivity index (χ0n) is 6.59. The van der Waals surface area contributed by atoms with Gasteiger partial charge in [0.2, 0.25) is 5.24 Å². The van der Waals surface area contributed by atoms with Crippen molar-refractivity contribution in [2.24, 2.45) is 5.92 Å². The minimum absolute atomic E-state index is 0.0177. The number of rotatable bonds is 1. The number of carbonyl (C=O) groups is 1. The molecule has 0 atom stereocenters. The maximum atomic E-state index is 10.9. The molecule has 0 heterocycles. The topological polar surface area (TPSA) is 17.1 Å². The number of fused-ring (bicyclic) bond motifs is 1. The first kappa shape index (κ1) is 7.81. The third kappa shape index (κ3) is 1.25. The molecule has 0 fully saturated rings. The molecular formula is C10H9ClO. The molecule has 0 spiro atoms. The smallest absolute Gasteiger partial charge is 0.225 e. The third-order valence-electron chi connectivity index (χ3n) is 2.37. The van der Waals surface area contributed by atoms with Crippen LogP contribution in [0.3, 0.4) is 0 Å². The predicted octanol–water partition coefficient (Wildman–Crippen LogP) is 2.17. The highest BCUT2D eigenvalue weighted by atomic mass is 35.5. The van der Waals surface area contributed by atoms with Crippen molar-refractivity contribution in [3.05, 3.63) is 35.4 Å². The minimum atomic E-state index is -0.203.